The van der Waals surface area contributed by atoms with Crippen molar-refractivity contribution < 1.29 is 19.4 Å². The van der Waals surface area contributed by atoms with Crippen LogP contribution in [0.5, 0.6) is 0 Å². The smallest absolute Gasteiger partial charge is 0.288 e. The van der Waals surface area contributed by atoms with Crippen molar-refractivity contribution in [3.8, 4) is 5.69 Å². The van der Waals surface area contributed by atoms with Gasteiger partial charge in [-0.25, -0.2) is 4.68 Å². The number of carbonyl (C=O) groups is 1. The second-order valence-electron chi connectivity index (χ2n) is 9.76. The number of ether oxygens (including phenoxy) is 2. The SMILES string of the molecule is Cc1c(C2C=C(C(=O)N3CCCCCCC3)OC(OCCCCO)C2)c(=O)n(-c2ccccc2)n1C. The summed E-state index contributed by atoms with van der Waals surface area (Å²) in [6, 6.07) is 9.57. The van der Waals surface area contributed by atoms with E-state index in [1.54, 1.807) is 4.68 Å². The molecule has 0 radical (unpaired) electrons. The van der Waals surface area contributed by atoms with Crippen LogP contribution in [0.25, 0.3) is 5.69 Å². The van der Waals surface area contributed by atoms with Crippen molar-refractivity contribution in [3.63, 3.8) is 0 Å². The number of benzene rings is 1. The van der Waals surface area contributed by atoms with Crippen LogP contribution in [0, 0.1) is 6.92 Å². The van der Waals surface area contributed by atoms with Crippen LogP contribution in [0.2, 0.25) is 0 Å². The maximum Gasteiger partial charge on any atom is 0.288 e. The number of allylic oxidation sites excluding steroid dienone is 1. The van der Waals surface area contributed by atoms with Gasteiger partial charge in [-0.2, -0.15) is 0 Å². The molecular weight excluding hydrogens is 458 g/mol. The Morgan fingerprint density at radius 1 is 1.08 bits per heavy atom. The molecule has 0 spiro atoms. The summed E-state index contributed by atoms with van der Waals surface area (Å²) < 4.78 is 15.6. The summed E-state index contributed by atoms with van der Waals surface area (Å²) in [6.45, 7) is 3.91. The molecule has 0 bridgehead atoms. The largest absolute Gasteiger partial charge is 0.459 e. The first-order valence-electron chi connectivity index (χ1n) is 13.3. The molecule has 2 unspecified atom stereocenters. The maximum atomic E-state index is 13.7. The summed E-state index contributed by atoms with van der Waals surface area (Å²) in [5.74, 6) is -0.158. The van der Waals surface area contributed by atoms with Gasteiger partial charge >= 0.3 is 0 Å². The number of para-hydroxylation sites is 1. The lowest BCUT2D eigenvalue weighted by atomic mass is 9.93. The fourth-order valence-corrected chi connectivity index (χ4v) is 5.16. The molecular formula is C28H39N3O5. The first kappa shape index (κ1) is 26.2. The van der Waals surface area contributed by atoms with Gasteiger partial charge in [0.2, 0.25) is 6.29 Å². The molecule has 0 aliphatic carbocycles. The number of rotatable bonds is 8. The van der Waals surface area contributed by atoms with Crippen molar-refractivity contribution in [2.75, 3.05) is 26.3 Å². The van der Waals surface area contributed by atoms with Crippen molar-refractivity contribution in [2.24, 2.45) is 7.05 Å². The summed E-state index contributed by atoms with van der Waals surface area (Å²) in [4.78, 5) is 29.1. The minimum absolute atomic E-state index is 0.0959. The molecule has 1 aromatic heterocycles. The second kappa shape index (κ2) is 12.4. The number of aromatic nitrogens is 2. The number of hydrogen-bond donors (Lipinski definition) is 1. The standard InChI is InChI=1S/C28H39N3O5/c1-21-26(28(34)31(29(21)2)23-13-7-6-8-14-23)22-19-24(36-25(20-22)35-18-12-11-17-32)27(33)30-15-9-4-3-5-10-16-30/h6-8,13-14,19,22,25,32H,3-5,9-12,15-18,20H2,1-2H3. The Kier molecular flexibility index (Phi) is 9.04. The molecule has 1 amide bonds. The fourth-order valence-electron chi connectivity index (χ4n) is 5.16. The van der Waals surface area contributed by atoms with E-state index in [4.69, 9.17) is 14.6 Å². The van der Waals surface area contributed by atoms with Gasteiger partial charge in [-0.15, -0.1) is 0 Å². The van der Waals surface area contributed by atoms with Crippen LogP contribution in [-0.2, 0) is 21.3 Å². The third-order valence-corrected chi connectivity index (χ3v) is 7.24. The van der Waals surface area contributed by atoms with E-state index in [2.05, 4.69) is 0 Å². The number of likely N-dealkylation sites (tertiary alicyclic amines) is 1. The molecule has 2 aliphatic rings. The molecule has 1 saturated heterocycles. The summed E-state index contributed by atoms with van der Waals surface area (Å²) in [5.41, 5.74) is 2.21. The molecule has 1 fully saturated rings. The predicted octanol–water partition coefficient (Wildman–Crippen LogP) is 3.78. The molecule has 8 nitrogen and oxygen atoms in total. The van der Waals surface area contributed by atoms with Gasteiger partial charge in [-0.1, -0.05) is 37.5 Å². The second-order valence-corrected chi connectivity index (χ2v) is 9.76. The van der Waals surface area contributed by atoms with Gasteiger partial charge < -0.3 is 19.5 Å². The number of aliphatic hydroxyl groups excluding tert-OH is 1. The average Bonchev–Trinajstić information content (AvgIpc) is 3.09. The van der Waals surface area contributed by atoms with E-state index in [1.807, 2.05) is 60.0 Å². The Hall–Kier alpha value is -2.84. The van der Waals surface area contributed by atoms with Crippen molar-refractivity contribution in [1.29, 1.82) is 0 Å². The van der Waals surface area contributed by atoms with Crippen LogP contribution in [0.4, 0.5) is 0 Å². The lowest BCUT2D eigenvalue weighted by Crippen LogP contribution is -2.38. The lowest BCUT2D eigenvalue weighted by Gasteiger charge is -2.32. The van der Waals surface area contributed by atoms with Crippen molar-refractivity contribution in [3.05, 3.63) is 63.8 Å². The number of amides is 1. The molecule has 2 aliphatic heterocycles. The van der Waals surface area contributed by atoms with Crippen molar-refractivity contribution >= 4 is 5.91 Å². The van der Waals surface area contributed by atoms with Gasteiger partial charge in [-0.05, 0) is 50.8 Å². The Bertz CT molecular complexity index is 1100. The molecule has 2 aromatic rings. The topological polar surface area (TPSA) is 85.9 Å². The maximum absolute atomic E-state index is 13.7. The number of hydrogen-bond acceptors (Lipinski definition) is 5. The molecule has 0 saturated carbocycles. The molecule has 1 aromatic carbocycles. The molecule has 1 N–H and O–H groups in total. The van der Waals surface area contributed by atoms with E-state index < -0.39 is 6.29 Å². The molecule has 36 heavy (non-hydrogen) atoms. The van der Waals surface area contributed by atoms with E-state index in [0.29, 0.717) is 31.4 Å². The van der Waals surface area contributed by atoms with E-state index in [1.165, 1.54) is 6.42 Å². The van der Waals surface area contributed by atoms with Gasteiger partial charge in [0.15, 0.2) is 5.76 Å². The third kappa shape index (κ3) is 5.93. The van der Waals surface area contributed by atoms with Crippen LogP contribution in [0.15, 0.2) is 47.0 Å². The number of carbonyl (C=O) groups excluding carboxylic acids is 1. The van der Waals surface area contributed by atoms with Crippen molar-refractivity contribution in [1.82, 2.24) is 14.3 Å². The van der Waals surface area contributed by atoms with Gasteiger partial charge in [0.25, 0.3) is 11.5 Å². The van der Waals surface area contributed by atoms with Crippen LogP contribution in [0.3, 0.4) is 0 Å². The quantitative estimate of drug-likeness (QED) is 0.561. The highest BCUT2D eigenvalue weighted by molar-refractivity contribution is 5.91. The number of aliphatic hydroxyl groups is 1. The molecule has 3 heterocycles. The van der Waals surface area contributed by atoms with E-state index in [0.717, 1.165) is 50.2 Å². The summed E-state index contributed by atoms with van der Waals surface area (Å²) in [6.07, 6.45) is 8.45. The summed E-state index contributed by atoms with van der Waals surface area (Å²) >= 11 is 0. The predicted molar refractivity (Wildman–Crippen MR) is 138 cm³/mol. The highest BCUT2D eigenvalue weighted by Gasteiger charge is 2.34. The van der Waals surface area contributed by atoms with Gasteiger partial charge in [0, 0.05) is 50.3 Å². The minimum Gasteiger partial charge on any atom is -0.459 e. The van der Waals surface area contributed by atoms with Crippen LogP contribution < -0.4 is 5.56 Å². The summed E-state index contributed by atoms with van der Waals surface area (Å²) in [7, 11) is 1.88. The van der Waals surface area contributed by atoms with Crippen molar-refractivity contribution in [2.45, 2.75) is 70.5 Å². The highest BCUT2D eigenvalue weighted by Crippen LogP contribution is 2.33. The molecule has 8 heteroatoms. The zero-order chi connectivity index (χ0) is 25.5. The fraction of sp³-hybridized carbons (Fsp3) is 0.571. The number of unbranched alkanes of at least 4 members (excludes halogenated alkanes) is 1. The van der Waals surface area contributed by atoms with Gasteiger partial charge in [0.1, 0.15) is 0 Å². The van der Waals surface area contributed by atoms with Gasteiger partial charge in [-0.3, -0.25) is 14.3 Å². The zero-order valence-electron chi connectivity index (χ0n) is 21.5. The Morgan fingerprint density at radius 3 is 2.47 bits per heavy atom. The Labute approximate surface area is 213 Å². The zero-order valence-corrected chi connectivity index (χ0v) is 21.5. The average molecular weight is 498 g/mol. The molecule has 2 atom stereocenters. The van der Waals surface area contributed by atoms with E-state index in [-0.39, 0.29) is 29.8 Å². The van der Waals surface area contributed by atoms with Crippen LogP contribution >= 0.6 is 0 Å². The van der Waals surface area contributed by atoms with E-state index in [9.17, 15) is 9.59 Å². The third-order valence-electron chi connectivity index (χ3n) is 7.24. The Morgan fingerprint density at radius 2 is 1.78 bits per heavy atom. The molecule has 196 valence electrons. The summed E-state index contributed by atoms with van der Waals surface area (Å²) in [5, 5.41) is 9.09. The number of nitrogens with zero attached hydrogens (tertiary/aromatic N) is 3. The monoisotopic (exact) mass is 497 g/mol. The highest BCUT2D eigenvalue weighted by atomic mass is 16.7. The first-order valence-corrected chi connectivity index (χ1v) is 13.3. The first-order chi connectivity index (χ1) is 17.5. The Balaban J connectivity index is 1.66. The van der Waals surface area contributed by atoms with Gasteiger partial charge in [0.05, 0.1) is 12.3 Å². The van der Waals surface area contributed by atoms with Crippen LogP contribution in [-0.4, -0.2) is 57.9 Å². The normalized spacial score (nSPS) is 20.9. The van der Waals surface area contributed by atoms with E-state index >= 15 is 0 Å². The lowest BCUT2D eigenvalue weighted by molar-refractivity contribution is -0.153. The minimum atomic E-state index is -0.628. The van der Waals surface area contributed by atoms with Crippen LogP contribution in [0.1, 0.15) is 68.5 Å². The molecule has 4 rings (SSSR count).